The molecule has 72 valence electrons. The van der Waals surface area contributed by atoms with Crippen LogP contribution in [-0.4, -0.2) is 34.9 Å². The Bertz CT molecular complexity index is 136. The molecule has 0 aliphatic rings. The van der Waals surface area contributed by atoms with Crippen LogP contribution in [0, 0.1) is 0 Å². The highest BCUT2D eigenvalue weighted by atomic mass is 32.2. The van der Waals surface area contributed by atoms with E-state index >= 15 is 0 Å². The van der Waals surface area contributed by atoms with Gasteiger partial charge in [-0.2, -0.15) is 0 Å². The largest absolute Gasteiger partial charge is 0.300 e. The van der Waals surface area contributed by atoms with E-state index in [2.05, 4.69) is 25.7 Å². The summed E-state index contributed by atoms with van der Waals surface area (Å²) in [6.45, 7) is 10.2. The second-order valence-corrected chi connectivity index (χ2v) is 4.33. The van der Waals surface area contributed by atoms with Gasteiger partial charge in [-0.3, -0.25) is 4.79 Å². The smallest absolute Gasteiger partial charge is 0.185 e. The van der Waals surface area contributed by atoms with Crippen LogP contribution in [-0.2, 0) is 4.79 Å². The van der Waals surface area contributed by atoms with E-state index in [0.717, 1.165) is 18.8 Å². The quantitative estimate of drug-likeness (QED) is 0.660. The van der Waals surface area contributed by atoms with E-state index in [0.29, 0.717) is 6.04 Å². The van der Waals surface area contributed by atoms with Gasteiger partial charge < -0.3 is 4.90 Å². The van der Waals surface area contributed by atoms with Gasteiger partial charge in [0, 0.05) is 25.3 Å². The van der Waals surface area contributed by atoms with Crippen molar-refractivity contribution in [3.8, 4) is 0 Å². The van der Waals surface area contributed by atoms with Crippen molar-refractivity contribution in [3.05, 3.63) is 0 Å². The van der Waals surface area contributed by atoms with Crippen molar-refractivity contribution in [2.75, 3.05) is 18.8 Å². The zero-order valence-corrected chi connectivity index (χ0v) is 9.28. The zero-order chi connectivity index (χ0) is 9.56. The Balaban J connectivity index is 3.51. The molecular weight excluding hydrogens is 170 g/mol. The molecule has 0 rings (SSSR count). The van der Waals surface area contributed by atoms with Gasteiger partial charge in [0.1, 0.15) is 0 Å². The number of hydrogen-bond donors (Lipinski definition) is 0. The predicted molar refractivity (Wildman–Crippen MR) is 55.5 cm³/mol. The average molecular weight is 189 g/mol. The molecule has 0 spiro atoms. The monoisotopic (exact) mass is 189 g/mol. The minimum Gasteiger partial charge on any atom is -0.300 e. The molecule has 0 N–H and O–H groups in total. The molecule has 0 unspecified atom stereocenters. The first-order chi connectivity index (χ1) is 5.57. The van der Waals surface area contributed by atoms with Crippen molar-refractivity contribution in [1.29, 1.82) is 0 Å². The maximum atomic E-state index is 10.6. The van der Waals surface area contributed by atoms with Crippen LogP contribution >= 0.6 is 11.8 Å². The van der Waals surface area contributed by atoms with E-state index in [1.165, 1.54) is 11.8 Å². The first-order valence-corrected chi connectivity index (χ1v) is 5.43. The summed E-state index contributed by atoms with van der Waals surface area (Å²) in [5, 5.41) is 0.217. The van der Waals surface area contributed by atoms with Crippen molar-refractivity contribution in [2.24, 2.45) is 0 Å². The minimum atomic E-state index is 0.217. The summed E-state index contributed by atoms with van der Waals surface area (Å²) in [7, 11) is 0. The standard InChI is InChI=1S/C9H19NOS/c1-5-10(8(2)3)6-7-12-9(4)11/h8H,5-7H2,1-4H3. The molecule has 3 heteroatoms. The number of carbonyl (C=O) groups excluding carboxylic acids is 1. The number of rotatable bonds is 5. The SMILES string of the molecule is CCN(CCSC(C)=O)C(C)C. The van der Waals surface area contributed by atoms with Crippen molar-refractivity contribution in [3.63, 3.8) is 0 Å². The molecule has 0 aliphatic carbocycles. The summed E-state index contributed by atoms with van der Waals surface area (Å²) < 4.78 is 0. The molecule has 0 aliphatic heterocycles. The Morgan fingerprint density at radius 2 is 2.08 bits per heavy atom. The van der Waals surface area contributed by atoms with Gasteiger partial charge in [-0.25, -0.2) is 0 Å². The Kier molecular flexibility index (Phi) is 6.48. The number of nitrogens with zero attached hydrogens (tertiary/aromatic N) is 1. The lowest BCUT2D eigenvalue weighted by molar-refractivity contribution is -0.109. The lowest BCUT2D eigenvalue weighted by atomic mass is 10.3. The van der Waals surface area contributed by atoms with E-state index < -0.39 is 0 Å². The summed E-state index contributed by atoms with van der Waals surface area (Å²) in [5.74, 6) is 0.918. The van der Waals surface area contributed by atoms with Crippen LogP contribution in [0.5, 0.6) is 0 Å². The third kappa shape index (κ3) is 5.61. The fourth-order valence-electron chi connectivity index (χ4n) is 1.09. The van der Waals surface area contributed by atoms with E-state index in [-0.39, 0.29) is 5.12 Å². The maximum absolute atomic E-state index is 10.6. The second kappa shape index (κ2) is 6.49. The molecule has 0 amide bonds. The zero-order valence-electron chi connectivity index (χ0n) is 8.46. The Hall–Kier alpha value is -0.0200. The first-order valence-electron chi connectivity index (χ1n) is 4.45. The highest BCUT2D eigenvalue weighted by molar-refractivity contribution is 8.13. The van der Waals surface area contributed by atoms with Crippen molar-refractivity contribution in [1.82, 2.24) is 4.90 Å². The van der Waals surface area contributed by atoms with E-state index in [4.69, 9.17) is 0 Å². The summed E-state index contributed by atoms with van der Waals surface area (Å²) in [6.07, 6.45) is 0. The summed E-state index contributed by atoms with van der Waals surface area (Å²) in [6, 6.07) is 0.586. The fraction of sp³-hybridized carbons (Fsp3) is 0.889. The Labute approximate surface area is 79.7 Å². The Morgan fingerprint density at radius 1 is 1.50 bits per heavy atom. The van der Waals surface area contributed by atoms with Crippen LogP contribution in [0.1, 0.15) is 27.7 Å². The third-order valence-electron chi connectivity index (χ3n) is 1.82. The maximum Gasteiger partial charge on any atom is 0.185 e. The van der Waals surface area contributed by atoms with Crippen LogP contribution < -0.4 is 0 Å². The molecule has 0 saturated carbocycles. The van der Waals surface area contributed by atoms with Gasteiger partial charge in [0.25, 0.3) is 0 Å². The van der Waals surface area contributed by atoms with Crippen LogP contribution in [0.2, 0.25) is 0 Å². The van der Waals surface area contributed by atoms with Crippen molar-refractivity contribution >= 4 is 16.9 Å². The molecule has 0 fully saturated rings. The number of thioether (sulfide) groups is 1. The molecular formula is C9H19NOS. The molecule has 0 radical (unpaired) electrons. The molecule has 0 aromatic rings. The van der Waals surface area contributed by atoms with E-state index in [9.17, 15) is 4.79 Å². The molecule has 12 heavy (non-hydrogen) atoms. The lowest BCUT2D eigenvalue weighted by Crippen LogP contribution is -2.32. The molecule has 0 bridgehead atoms. The molecule has 0 aromatic heterocycles. The number of hydrogen-bond acceptors (Lipinski definition) is 3. The van der Waals surface area contributed by atoms with Crippen molar-refractivity contribution in [2.45, 2.75) is 33.7 Å². The summed E-state index contributed by atoms with van der Waals surface area (Å²) in [4.78, 5) is 13.0. The highest BCUT2D eigenvalue weighted by Crippen LogP contribution is 2.04. The Morgan fingerprint density at radius 3 is 2.42 bits per heavy atom. The van der Waals surface area contributed by atoms with Crippen LogP contribution in [0.25, 0.3) is 0 Å². The summed E-state index contributed by atoms with van der Waals surface area (Å²) >= 11 is 1.41. The van der Waals surface area contributed by atoms with Crippen LogP contribution in [0.15, 0.2) is 0 Å². The molecule has 0 aromatic carbocycles. The normalized spacial score (nSPS) is 11.2. The van der Waals surface area contributed by atoms with Gasteiger partial charge in [-0.1, -0.05) is 18.7 Å². The minimum absolute atomic E-state index is 0.217. The number of carbonyl (C=O) groups is 1. The van der Waals surface area contributed by atoms with Gasteiger partial charge in [-0.15, -0.1) is 0 Å². The van der Waals surface area contributed by atoms with Gasteiger partial charge in [0.2, 0.25) is 0 Å². The van der Waals surface area contributed by atoms with Crippen molar-refractivity contribution < 1.29 is 4.79 Å². The topological polar surface area (TPSA) is 20.3 Å². The van der Waals surface area contributed by atoms with Crippen LogP contribution in [0.4, 0.5) is 0 Å². The average Bonchev–Trinajstić information content (AvgIpc) is 1.96. The molecule has 2 nitrogen and oxygen atoms in total. The van der Waals surface area contributed by atoms with Gasteiger partial charge in [0.15, 0.2) is 5.12 Å². The molecule has 0 heterocycles. The van der Waals surface area contributed by atoms with Crippen LogP contribution in [0.3, 0.4) is 0 Å². The van der Waals surface area contributed by atoms with E-state index in [1.807, 2.05) is 0 Å². The van der Waals surface area contributed by atoms with E-state index in [1.54, 1.807) is 6.92 Å². The van der Waals surface area contributed by atoms with Gasteiger partial charge >= 0.3 is 0 Å². The molecule has 0 saturated heterocycles. The third-order valence-corrected chi connectivity index (χ3v) is 2.61. The highest BCUT2D eigenvalue weighted by Gasteiger charge is 2.06. The van der Waals surface area contributed by atoms with Gasteiger partial charge in [-0.05, 0) is 20.4 Å². The molecule has 0 atom stereocenters. The second-order valence-electron chi connectivity index (χ2n) is 3.06. The predicted octanol–water partition coefficient (Wildman–Crippen LogP) is 2.00. The lowest BCUT2D eigenvalue weighted by Gasteiger charge is -2.23. The first kappa shape index (κ1) is 12.0. The fourth-order valence-corrected chi connectivity index (χ4v) is 1.70. The summed E-state index contributed by atoms with van der Waals surface area (Å²) in [5.41, 5.74) is 0. The van der Waals surface area contributed by atoms with Gasteiger partial charge in [0.05, 0.1) is 0 Å².